The second-order valence-corrected chi connectivity index (χ2v) is 8.61. The first-order valence-corrected chi connectivity index (χ1v) is 11.2. The Morgan fingerprint density at radius 2 is 1.81 bits per heavy atom. The zero-order valence-corrected chi connectivity index (χ0v) is 19.3. The second-order valence-electron chi connectivity index (χ2n) is 6.76. The van der Waals surface area contributed by atoms with Gasteiger partial charge in [0, 0.05) is 0 Å². The molecule has 32 heavy (non-hydrogen) atoms. The van der Waals surface area contributed by atoms with Gasteiger partial charge in [-0.15, -0.1) is 0 Å². The van der Waals surface area contributed by atoms with Crippen LogP contribution in [-0.2, 0) is 11.4 Å². The van der Waals surface area contributed by atoms with E-state index in [-0.39, 0.29) is 5.91 Å². The topological polar surface area (TPSA) is 59.9 Å². The number of carbonyl (C=O) groups excluding carboxylic acids is 1. The highest BCUT2D eigenvalue weighted by Crippen LogP contribution is 2.33. The van der Waals surface area contributed by atoms with E-state index in [1.54, 1.807) is 31.4 Å². The molecule has 3 aromatic rings. The van der Waals surface area contributed by atoms with Crippen LogP contribution in [0.1, 0.15) is 11.1 Å². The average Bonchev–Trinajstić information content (AvgIpc) is 3.14. The van der Waals surface area contributed by atoms with Gasteiger partial charge in [0.05, 0.1) is 27.7 Å². The summed E-state index contributed by atoms with van der Waals surface area (Å²) in [6.07, 6.45) is 1.78. The first-order chi connectivity index (χ1) is 15.5. The number of thioether (sulfide) groups is 1. The van der Waals surface area contributed by atoms with Gasteiger partial charge in [0.25, 0.3) is 5.91 Å². The van der Waals surface area contributed by atoms with Gasteiger partial charge in [0.15, 0.2) is 16.7 Å². The highest BCUT2D eigenvalue weighted by atomic mass is 35.5. The molecule has 0 atom stereocenters. The molecule has 0 radical (unpaired) electrons. The van der Waals surface area contributed by atoms with Crippen molar-refractivity contribution < 1.29 is 14.3 Å². The third kappa shape index (κ3) is 5.46. The number of methoxy groups -OCH3 is 1. The zero-order chi connectivity index (χ0) is 22.5. The number of aliphatic imine (C=N–C) groups is 1. The summed E-state index contributed by atoms with van der Waals surface area (Å²) >= 11 is 13.2. The van der Waals surface area contributed by atoms with Crippen LogP contribution >= 0.6 is 35.0 Å². The van der Waals surface area contributed by atoms with E-state index in [0.29, 0.717) is 43.9 Å². The molecule has 1 aliphatic heterocycles. The minimum atomic E-state index is -0.225. The van der Waals surface area contributed by atoms with Crippen LogP contribution in [0.25, 0.3) is 6.08 Å². The Hall–Kier alpha value is -2.93. The summed E-state index contributed by atoms with van der Waals surface area (Å²) in [6.45, 7) is 0.435. The van der Waals surface area contributed by atoms with Crippen molar-refractivity contribution in [1.29, 1.82) is 0 Å². The number of amidine groups is 1. The Labute approximate surface area is 200 Å². The van der Waals surface area contributed by atoms with Crippen molar-refractivity contribution in [3.63, 3.8) is 0 Å². The van der Waals surface area contributed by atoms with Crippen LogP contribution in [0.2, 0.25) is 10.0 Å². The molecule has 0 unspecified atom stereocenters. The number of benzene rings is 3. The highest BCUT2D eigenvalue weighted by Gasteiger charge is 2.24. The van der Waals surface area contributed by atoms with Crippen molar-refractivity contribution in [1.82, 2.24) is 5.32 Å². The molecular weight excluding hydrogens is 467 g/mol. The summed E-state index contributed by atoms with van der Waals surface area (Å²) < 4.78 is 11.4. The first-order valence-electron chi connectivity index (χ1n) is 9.61. The van der Waals surface area contributed by atoms with E-state index in [1.807, 2.05) is 48.5 Å². The summed E-state index contributed by atoms with van der Waals surface area (Å²) in [5, 5.41) is 4.08. The van der Waals surface area contributed by atoms with Crippen LogP contribution in [-0.4, -0.2) is 18.2 Å². The number of nitrogens with one attached hydrogen (secondary N) is 1. The minimum absolute atomic E-state index is 0.225. The molecule has 1 saturated heterocycles. The molecule has 0 bridgehead atoms. The fourth-order valence-corrected chi connectivity index (χ4v) is 4.07. The van der Waals surface area contributed by atoms with Crippen molar-refractivity contribution in [3.8, 4) is 11.5 Å². The summed E-state index contributed by atoms with van der Waals surface area (Å²) in [7, 11) is 1.58. The Bertz CT molecular complexity index is 1210. The maximum atomic E-state index is 12.4. The molecule has 0 aliphatic carbocycles. The maximum absolute atomic E-state index is 12.4. The lowest BCUT2D eigenvalue weighted by atomic mass is 10.2. The van der Waals surface area contributed by atoms with E-state index in [0.717, 1.165) is 11.1 Å². The normalized spacial score (nSPS) is 15.8. The maximum Gasteiger partial charge on any atom is 0.264 e. The minimum Gasteiger partial charge on any atom is -0.493 e. The fraction of sp³-hybridized carbons (Fsp3) is 0.0833. The van der Waals surface area contributed by atoms with E-state index in [9.17, 15) is 4.79 Å². The molecule has 0 aromatic heterocycles. The number of ether oxygens (including phenoxy) is 2. The average molecular weight is 485 g/mol. The Morgan fingerprint density at radius 3 is 2.56 bits per heavy atom. The molecule has 162 valence electrons. The molecular formula is C24H18Cl2N2O3S. The number of nitrogens with zero attached hydrogens (tertiary/aromatic N) is 1. The van der Waals surface area contributed by atoms with Crippen LogP contribution in [0.15, 0.2) is 76.6 Å². The van der Waals surface area contributed by atoms with Gasteiger partial charge in [-0.25, -0.2) is 4.99 Å². The van der Waals surface area contributed by atoms with Gasteiger partial charge >= 0.3 is 0 Å². The largest absolute Gasteiger partial charge is 0.493 e. The van der Waals surface area contributed by atoms with Gasteiger partial charge in [-0.3, -0.25) is 4.79 Å². The van der Waals surface area contributed by atoms with Crippen molar-refractivity contribution in [2.45, 2.75) is 6.61 Å². The number of carbonyl (C=O) groups is 1. The Morgan fingerprint density at radius 1 is 1.00 bits per heavy atom. The molecule has 5 nitrogen and oxygen atoms in total. The highest BCUT2D eigenvalue weighted by molar-refractivity contribution is 8.18. The molecule has 1 amide bonds. The standard InChI is InChI=1S/C24H18Cl2N2O3S/c1-30-21-11-16(7-10-20(21)31-14-15-5-3-2-4-6-15)12-22-23(29)28-24(32-22)27-17-8-9-18(25)19(26)13-17/h2-13H,14H2,1H3,(H,27,28,29)/b22-12+. The number of hydrogen-bond acceptors (Lipinski definition) is 5. The number of halogens is 2. The van der Waals surface area contributed by atoms with Gasteiger partial charge in [-0.2, -0.15) is 0 Å². The van der Waals surface area contributed by atoms with Gasteiger partial charge in [-0.05, 0) is 59.3 Å². The van der Waals surface area contributed by atoms with Crippen LogP contribution in [0.4, 0.5) is 5.69 Å². The molecule has 0 spiro atoms. The third-order valence-electron chi connectivity index (χ3n) is 4.51. The number of rotatable bonds is 6. The molecule has 4 rings (SSSR count). The predicted molar refractivity (Wildman–Crippen MR) is 131 cm³/mol. The lowest BCUT2D eigenvalue weighted by Gasteiger charge is -2.11. The lowest BCUT2D eigenvalue weighted by molar-refractivity contribution is -0.115. The molecule has 1 aliphatic rings. The summed E-state index contributed by atoms with van der Waals surface area (Å²) in [6, 6.07) is 20.5. The Kier molecular flexibility index (Phi) is 7.05. The van der Waals surface area contributed by atoms with E-state index in [1.165, 1.54) is 11.8 Å². The van der Waals surface area contributed by atoms with Crippen molar-refractivity contribution in [2.24, 2.45) is 4.99 Å². The van der Waals surface area contributed by atoms with Crippen molar-refractivity contribution in [2.75, 3.05) is 7.11 Å². The van der Waals surface area contributed by atoms with Crippen LogP contribution in [0.5, 0.6) is 11.5 Å². The van der Waals surface area contributed by atoms with E-state index in [2.05, 4.69) is 10.3 Å². The molecule has 0 saturated carbocycles. The summed E-state index contributed by atoms with van der Waals surface area (Å²) in [4.78, 5) is 17.3. The van der Waals surface area contributed by atoms with Crippen LogP contribution < -0.4 is 14.8 Å². The quantitative estimate of drug-likeness (QED) is 0.407. The van der Waals surface area contributed by atoms with Crippen molar-refractivity contribution >= 4 is 57.8 Å². The SMILES string of the molecule is COc1cc(/C=C2/SC(=Nc3ccc(Cl)c(Cl)c3)NC2=O)ccc1OCc1ccccc1. The fourth-order valence-electron chi connectivity index (χ4n) is 2.93. The Balaban J connectivity index is 1.49. The van der Waals surface area contributed by atoms with E-state index in [4.69, 9.17) is 32.7 Å². The lowest BCUT2D eigenvalue weighted by Crippen LogP contribution is -2.19. The summed E-state index contributed by atoms with van der Waals surface area (Å²) in [5.74, 6) is 0.990. The smallest absolute Gasteiger partial charge is 0.264 e. The van der Waals surface area contributed by atoms with Crippen LogP contribution in [0, 0.1) is 0 Å². The second kappa shape index (κ2) is 10.1. The molecule has 1 N–H and O–H groups in total. The monoisotopic (exact) mass is 484 g/mol. The number of amides is 1. The van der Waals surface area contributed by atoms with Crippen molar-refractivity contribution in [3.05, 3.63) is 92.8 Å². The molecule has 1 heterocycles. The number of hydrogen-bond donors (Lipinski definition) is 1. The summed E-state index contributed by atoms with van der Waals surface area (Å²) in [5.41, 5.74) is 2.47. The first kappa shape index (κ1) is 22.3. The molecule has 1 fully saturated rings. The van der Waals surface area contributed by atoms with E-state index < -0.39 is 0 Å². The zero-order valence-electron chi connectivity index (χ0n) is 17.0. The van der Waals surface area contributed by atoms with E-state index >= 15 is 0 Å². The van der Waals surface area contributed by atoms with Gasteiger partial charge < -0.3 is 14.8 Å². The molecule has 8 heteroatoms. The molecule has 3 aromatic carbocycles. The third-order valence-corrected chi connectivity index (χ3v) is 6.16. The van der Waals surface area contributed by atoms with Gasteiger partial charge in [-0.1, -0.05) is 59.6 Å². The van der Waals surface area contributed by atoms with Crippen LogP contribution in [0.3, 0.4) is 0 Å². The van der Waals surface area contributed by atoms with Gasteiger partial charge in [0.1, 0.15) is 6.61 Å². The van der Waals surface area contributed by atoms with Gasteiger partial charge in [0.2, 0.25) is 0 Å². The predicted octanol–water partition coefficient (Wildman–Crippen LogP) is 6.47.